The van der Waals surface area contributed by atoms with Crippen molar-refractivity contribution in [2.75, 3.05) is 13.2 Å². The summed E-state index contributed by atoms with van der Waals surface area (Å²) in [4.78, 5) is 27.1. The number of aryl methyl sites for hydroxylation is 1. The van der Waals surface area contributed by atoms with Gasteiger partial charge in [-0.2, -0.15) is 0 Å². The van der Waals surface area contributed by atoms with Crippen LogP contribution >= 0.6 is 11.6 Å². The molecule has 0 radical (unpaired) electrons. The molecule has 0 saturated carbocycles. The molecular weight excluding hydrogens is 402 g/mol. The second kappa shape index (κ2) is 9.35. The van der Waals surface area contributed by atoms with Crippen LogP contribution < -0.4 is 4.74 Å². The van der Waals surface area contributed by atoms with Crippen LogP contribution in [0.25, 0.3) is 5.76 Å². The highest BCUT2D eigenvalue weighted by Gasteiger charge is 2.45. The molecule has 1 N–H and O–H groups in total. The van der Waals surface area contributed by atoms with Gasteiger partial charge in [0, 0.05) is 17.1 Å². The number of aliphatic hydroxyl groups excluding tert-OH is 1. The van der Waals surface area contributed by atoms with Gasteiger partial charge in [-0.25, -0.2) is 0 Å². The number of likely N-dealkylation sites (tertiary alicyclic amines) is 1. The van der Waals surface area contributed by atoms with E-state index in [4.69, 9.17) is 16.3 Å². The first-order chi connectivity index (χ1) is 14.4. The van der Waals surface area contributed by atoms with Gasteiger partial charge in [-0.3, -0.25) is 9.59 Å². The molecule has 0 spiro atoms. The second-order valence-corrected chi connectivity index (χ2v) is 7.81. The molecular formula is C24H26ClNO4. The summed E-state index contributed by atoms with van der Waals surface area (Å²) in [6.45, 7) is 6.87. The highest BCUT2D eigenvalue weighted by Crippen LogP contribution is 2.40. The number of carbonyl (C=O) groups is 2. The van der Waals surface area contributed by atoms with Gasteiger partial charge in [-0.05, 0) is 61.2 Å². The monoisotopic (exact) mass is 427 g/mol. The number of ketones is 1. The van der Waals surface area contributed by atoms with E-state index in [2.05, 4.69) is 0 Å². The predicted octanol–water partition coefficient (Wildman–Crippen LogP) is 5.27. The summed E-state index contributed by atoms with van der Waals surface area (Å²) in [6, 6.07) is 11.6. The van der Waals surface area contributed by atoms with Crippen LogP contribution in [0.3, 0.4) is 0 Å². The molecule has 1 amide bonds. The van der Waals surface area contributed by atoms with Gasteiger partial charge in [0.15, 0.2) is 0 Å². The molecule has 3 rings (SSSR count). The Bertz CT molecular complexity index is 981. The maximum atomic E-state index is 12.9. The number of carbonyl (C=O) groups excluding carboxylic acids is 2. The Morgan fingerprint density at radius 2 is 1.80 bits per heavy atom. The lowest BCUT2D eigenvalue weighted by Gasteiger charge is -2.25. The van der Waals surface area contributed by atoms with E-state index in [-0.39, 0.29) is 11.3 Å². The van der Waals surface area contributed by atoms with Crippen LogP contribution in [0.5, 0.6) is 5.75 Å². The first-order valence-electron chi connectivity index (χ1n) is 10.2. The Labute approximate surface area is 181 Å². The molecule has 1 saturated heterocycles. The van der Waals surface area contributed by atoms with Crippen molar-refractivity contribution in [2.45, 2.75) is 39.7 Å². The molecule has 0 bridgehead atoms. The summed E-state index contributed by atoms with van der Waals surface area (Å²) in [5.41, 5.74) is 2.15. The summed E-state index contributed by atoms with van der Waals surface area (Å²) in [7, 11) is 0. The van der Waals surface area contributed by atoms with E-state index in [1.165, 1.54) is 4.90 Å². The van der Waals surface area contributed by atoms with Gasteiger partial charge >= 0.3 is 0 Å². The Kier molecular flexibility index (Phi) is 6.83. The average molecular weight is 428 g/mol. The molecule has 1 aliphatic rings. The number of amides is 1. The normalized spacial score (nSPS) is 18.1. The third-order valence-corrected chi connectivity index (χ3v) is 5.35. The van der Waals surface area contributed by atoms with Crippen molar-refractivity contribution in [2.24, 2.45) is 0 Å². The summed E-state index contributed by atoms with van der Waals surface area (Å²) in [5.74, 6) is -0.728. The number of Topliss-reactive ketones (excluding diaryl/α,β-unsaturated/α-hetero) is 1. The van der Waals surface area contributed by atoms with E-state index < -0.39 is 17.7 Å². The number of rotatable bonds is 7. The molecule has 1 unspecified atom stereocenters. The highest BCUT2D eigenvalue weighted by molar-refractivity contribution is 6.46. The van der Waals surface area contributed by atoms with Crippen molar-refractivity contribution in [3.8, 4) is 5.75 Å². The van der Waals surface area contributed by atoms with Crippen LogP contribution in [-0.2, 0) is 9.59 Å². The van der Waals surface area contributed by atoms with Crippen LogP contribution in [-0.4, -0.2) is 34.8 Å². The Morgan fingerprint density at radius 1 is 1.10 bits per heavy atom. The minimum absolute atomic E-state index is 0.0948. The zero-order chi connectivity index (χ0) is 21.8. The Morgan fingerprint density at radius 3 is 2.40 bits per heavy atom. The molecule has 1 aliphatic heterocycles. The minimum Gasteiger partial charge on any atom is -0.507 e. The van der Waals surface area contributed by atoms with Gasteiger partial charge in [-0.15, -0.1) is 0 Å². The lowest BCUT2D eigenvalue weighted by atomic mass is 9.95. The zero-order valence-corrected chi connectivity index (χ0v) is 18.2. The number of nitrogens with zero attached hydrogens (tertiary/aromatic N) is 1. The van der Waals surface area contributed by atoms with E-state index in [0.717, 1.165) is 23.3 Å². The number of benzene rings is 2. The van der Waals surface area contributed by atoms with E-state index in [9.17, 15) is 14.7 Å². The number of aliphatic hydroxyl groups is 1. The third-order valence-electron chi connectivity index (χ3n) is 5.10. The standard InChI is InChI=1S/C24H26ClNO4/c1-4-12-26-21(16-6-9-18(25)10-7-16)20(23(28)24(26)29)22(27)17-8-11-19(15(3)14-17)30-13-5-2/h6-11,14,21,27H,4-5,12-13H2,1-3H3/b22-20-. The van der Waals surface area contributed by atoms with Crippen molar-refractivity contribution >= 4 is 29.1 Å². The van der Waals surface area contributed by atoms with Crippen LogP contribution in [0.1, 0.15) is 49.4 Å². The third kappa shape index (κ3) is 4.21. The smallest absolute Gasteiger partial charge is 0.295 e. The van der Waals surface area contributed by atoms with Crippen LogP contribution in [0.2, 0.25) is 5.02 Å². The van der Waals surface area contributed by atoms with Gasteiger partial charge < -0.3 is 14.7 Å². The van der Waals surface area contributed by atoms with Gasteiger partial charge in [-0.1, -0.05) is 37.6 Å². The first kappa shape index (κ1) is 21.9. The number of ether oxygens (including phenoxy) is 1. The number of halogens is 1. The van der Waals surface area contributed by atoms with E-state index in [1.807, 2.05) is 20.8 Å². The molecule has 0 aliphatic carbocycles. The molecule has 1 heterocycles. The topological polar surface area (TPSA) is 66.8 Å². The molecule has 5 nitrogen and oxygen atoms in total. The predicted molar refractivity (Wildman–Crippen MR) is 118 cm³/mol. The number of hydrogen-bond donors (Lipinski definition) is 1. The molecule has 158 valence electrons. The van der Waals surface area contributed by atoms with Crippen molar-refractivity contribution in [3.63, 3.8) is 0 Å². The average Bonchev–Trinajstić information content (AvgIpc) is 2.98. The molecule has 1 atom stereocenters. The van der Waals surface area contributed by atoms with Crippen LogP contribution in [0.4, 0.5) is 0 Å². The Hall–Kier alpha value is -2.79. The molecule has 2 aromatic rings. The molecule has 30 heavy (non-hydrogen) atoms. The zero-order valence-electron chi connectivity index (χ0n) is 17.4. The van der Waals surface area contributed by atoms with Gasteiger partial charge in [0.1, 0.15) is 11.5 Å². The SMILES string of the molecule is CCCOc1ccc(/C(O)=C2/C(=O)C(=O)N(CCC)C2c2ccc(Cl)cc2)cc1C. The first-order valence-corrected chi connectivity index (χ1v) is 10.5. The van der Waals surface area contributed by atoms with E-state index in [0.29, 0.717) is 30.2 Å². The summed E-state index contributed by atoms with van der Waals surface area (Å²) in [6.07, 6.45) is 1.59. The molecule has 1 fully saturated rings. The largest absolute Gasteiger partial charge is 0.507 e. The summed E-state index contributed by atoms with van der Waals surface area (Å²) in [5, 5.41) is 11.6. The molecule has 2 aromatic carbocycles. The fourth-order valence-corrected chi connectivity index (χ4v) is 3.80. The Balaban J connectivity index is 2.10. The lowest BCUT2D eigenvalue weighted by molar-refractivity contribution is -0.139. The molecule has 0 aromatic heterocycles. The van der Waals surface area contributed by atoms with Crippen LogP contribution in [0.15, 0.2) is 48.0 Å². The quantitative estimate of drug-likeness (QED) is 0.371. The maximum Gasteiger partial charge on any atom is 0.295 e. The second-order valence-electron chi connectivity index (χ2n) is 7.37. The van der Waals surface area contributed by atoms with Gasteiger partial charge in [0.2, 0.25) is 0 Å². The lowest BCUT2D eigenvalue weighted by Crippen LogP contribution is -2.30. The van der Waals surface area contributed by atoms with Crippen LogP contribution in [0, 0.1) is 6.92 Å². The maximum absolute atomic E-state index is 12.9. The van der Waals surface area contributed by atoms with Gasteiger partial charge in [0.05, 0.1) is 18.2 Å². The fraction of sp³-hybridized carbons (Fsp3) is 0.333. The van der Waals surface area contributed by atoms with Crippen molar-refractivity contribution < 1.29 is 19.4 Å². The minimum atomic E-state index is -0.676. The summed E-state index contributed by atoms with van der Waals surface area (Å²) >= 11 is 6.02. The molecule has 6 heteroatoms. The summed E-state index contributed by atoms with van der Waals surface area (Å²) < 4.78 is 5.70. The number of hydrogen-bond acceptors (Lipinski definition) is 4. The van der Waals surface area contributed by atoms with Crippen molar-refractivity contribution in [3.05, 3.63) is 69.8 Å². The highest BCUT2D eigenvalue weighted by atomic mass is 35.5. The van der Waals surface area contributed by atoms with E-state index >= 15 is 0 Å². The fourth-order valence-electron chi connectivity index (χ4n) is 3.67. The van der Waals surface area contributed by atoms with Gasteiger partial charge in [0.25, 0.3) is 11.7 Å². The van der Waals surface area contributed by atoms with E-state index in [1.54, 1.807) is 42.5 Å². The van der Waals surface area contributed by atoms with Crippen molar-refractivity contribution in [1.82, 2.24) is 4.90 Å². The van der Waals surface area contributed by atoms with Crippen molar-refractivity contribution in [1.29, 1.82) is 0 Å².